The van der Waals surface area contributed by atoms with E-state index in [1.807, 2.05) is 0 Å². The summed E-state index contributed by atoms with van der Waals surface area (Å²) in [6.07, 6.45) is 0. The van der Waals surface area contributed by atoms with E-state index in [9.17, 15) is 26.0 Å². The summed E-state index contributed by atoms with van der Waals surface area (Å²) in [5, 5.41) is 2.76. The molecule has 168 valence electrons. The van der Waals surface area contributed by atoms with Gasteiger partial charge in [0.25, 0.3) is 15.9 Å². The normalized spacial score (nSPS) is 11.7. The fourth-order valence-corrected chi connectivity index (χ4v) is 4.96. The molecule has 0 aromatic heterocycles. The molecule has 11 heteroatoms. The van der Waals surface area contributed by atoms with Gasteiger partial charge in [0.1, 0.15) is 10.7 Å². The molecule has 0 saturated carbocycles. The molecule has 0 aliphatic heterocycles. The van der Waals surface area contributed by atoms with Gasteiger partial charge in [0.2, 0.25) is 0 Å². The number of benzene rings is 3. The molecule has 0 fully saturated rings. The molecule has 1 amide bonds. The molecule has 0 saturated heterocycles. The number of carbonyl (C=O) groups is 1. The molecular formula is C21H18ClFN2O5S2. The smallest absolute Gasteiger partial charge is 0.264 e. The number of carbonyl (C=O) groups excluding carboxylic acids is 1. The highest BCUT2D eigenvalue weighted by Gasteiger charge is 2.21. The zero-order chi connectivity index (χ0) is 23.5. The van der Waals surface area contributed by atoms with Crippen LogP contribution in [0.15, 0.2) is 76.5 Å². The minimum Gasteiger partial charge on any atom is -0.320 e. The van der Waals surface area contributed by atoms with Crippen molar-refractivity contribution in [3.8, 4) is 0 Å². The van der Waals surface area contributed by atoms with E-state index >= 15 is 0 Å². The summed E-state index contributed by atoms with van der Waals surface area (Å²) in [7, 11) is -7.71. The first-order valence-corrected chi connectivity index (χ1v) is 12.8. The van der Waals surface area contributed by atoms with Gasteiger partial charge in [-0.15, -0.1) is 0 Å². The first-order chi connectivity index (χ1) is 15.0. The summed E-state index contributed by atoms with van der Waals surface area (Å²) in [6, 6.07) is 14.2. The predicted octanol–water partition coefficient (Wildman–Crippen LogP) is 4.33. The van der Waals surface area contributed by atoms with Gasteiger partial charge in [-0.2, -0.15) is 0 Å². The van der Waals surface area contributed by atoms with Crippen LogP contribution in [0.4, 0.5) is 15.8 Å². The third-order valence-electron chi connectivity index (χ3n) is 4.46. The summed E-state index contributed by atoms with van der Waals surface area (Å²) in [6.45, 7) is 1.51. The quantitative estimate of drug-likeness (QED) is 0.506. The van der Waals surface area contributed by atoms with Gasteiger partial charge in [-0.1, -0.05) is 30.7 Å². The largest absolute Gasteiger partial charge is 0.320 e. The lowest BCUT2D eigenvalue weighted by Gasteiger charge is -2.14. The van der Waals surface area contributed by atoms with Crippen LogP contribution in [0.2, 0.25) is 5.02 Å². The van der Waals surface area contributed by atoms with Gasteiger partial charge in [0, 0.05) is 10.6 Å². The van der Waals surface area contributed by atoms with Gasteiger partial charge < -0.3 is 5.32 Å². The van der Waals surface area contributed by atoms with E-state index < -0.39 is 36.5 Å². The Kier molecular flexibility index (Phi) is 6.87. The molecule has 0 heterocycles. The molecule has 0 aliphatic rings. The van der Waals surface area contributed by atoms with Crippen molar-refractivity contribution in [1.29, 1.82) is 0 Å². The lowest BCUT2D eigenvalue weighted by Crippen LogP contribution is -2.18. The Balaban J connectivity index is 1.89. The number of amides is 1. The van der Waals surface area contributed by atoms with Crippen LogP contribution in [0.3, 0.4) is 0 Å². The highest BCUT2D eigenvalue weighted by Crippen LogP contribution is 2.29. The van der Waals surface area contributed by atoms with Gasteiger partial charge in [-0.25, -0.2) is 21.2 Å². The lowest BCUT2D eigenvalue weighted by atomic mass is 10.2. The van der Waals surface area contributed by atoms with Crippen LogP contribution in [0.25, 0.3) is 0 Å². The summed E-state index contributed by atoms with van der Waals surface area (Å²) < 4.78 is 65.3. The van der Waals surface area contributed by atoms with Gasteiger partial charge in [0.05, 0.1) is 22.0 Å². The molecule has 7 nitrogen and oxygen atoms in total. The maximum absolute atomic E-state index is 14.0. The number of hydrogen-bond donors (Lipinski definition) is 2. The second-order valence-electron chi connectivity index (χ2n) is 6.61. The number of anilines is 2. The standard InChI is InChI=1S/C21H18ClFN2O5S2/c1-2-31(27,28)16-10-7-14(8-11-16)21(26)24-19-13-15(22)9-12-18(19)25-32(29,30)20-6-4-3-5-17(20)23/h3-13,25H,2H2,1H3,(H,24,26). The zero-order valence-electron chi connectivity index (χ0n) is 16.7. The maximum atomic E-state index is 14.0. The molecule has 3 rings (SSSR count). The Morgan fingerprint density at radius 2 is 1.59 bits per heavy atom. The molecular weight excluding hydrogens is 479 g/mol. The van der Waals surface area contributed by atoms with Crippen molar-refractivity contribution in [1.82, 2.24) is 0 Å². The molecule has 0 spiro atoms. The second kappa shape index (κ2) is 9.27. The summed E-state index contributed by atoms with van der Waals surface area (Å²) in [4.78, 5) is 12.2. The van der Waals surface area contributed by atoms with E-state index in [4.69, 9.17) is 11.6 Å². The van der Waals surface area contributed by atoms with E-state index in [1.54, 1.807) is 0 Å². The van der Waals surface area contributed by atoms with Gasteiger partial charge in [0.15, 0.2) is 9.84 Å². The molecule has 0 radical (unpaired) electrons. The fourth-order valence-electron chi connectivity index (χ4n) is 2.75. The highest BCUT2D eigenvalue weighted by atomic mass is 35.5. The molecule has 3 aromatic carbocycles. The average molecular weight is 497 g/mol. The van der Waals surface area contributed by atoms with Crippen molar-refractivity contribution in [3.63, 3.8) is 0 Å². The number of sulfonamides is 1. The van der Waals surface area contributed by atoms with Crippen LogP contribution in [0, 0.1) is 5.82 Å². The molecule has 3 aromatic rings. The van der Waals surface area contributed by atoms with Crippen LogP contribution in [-0.2, 0) is 19.9 Å². The minimum absolute atomic E-state index is 0.0313. The number of hydrogen-bond acceptors (Lipinski definition) is 5. The highest BCUT2D eigenvalue weighted by molar-refractivity contribution is 7.92. The molecule has 0 atom stereocenters. The van der Waals surface area contributed by atoms with E-state index in [0.29, 0.717) is 0 Å². The van der Waals surface area contributed by atoms with Crippen LogP contribution < -0.4 is 10.0 Å². The zero-order valence-corrected chi connectivity index (χ0v) is 19.1. The predicted molar refractivity (Wildman–Crippen MR) is 121 cm³/mol. The second-order valence-corrected chi connectivity index (χ2v) is 11.0. The van der Waals surface area contributed by atoms with Gasteiger partial charge >= 0.3 is 0 Å². The third-order valence-corrected chi connectivity index (χ3v) is 7.84. The SMILES string of the molecule is CCS(=O)(=O)c1ccc(C(=O)Nc2cc(Cl)ccc2NS(=O)(=O)c2ccccc2F)cc1. The Bertz CT molecular complexity index is 1380. The van der Waals surface area contributed by atoms with Crippen LogP contribution in [-0.4, -0.2) is 28.5 Å². The van der Waals surface area contributed by atoms with E-state index in [1.165, 1.54) is 61.5 Å². The average Bonchev–Trinajstić information content (AvgIpc) is 2.75. The molecule has 32 heavy (non-hydrogen) atoms. The molecule has 2 N–H and O–H groups in total. The van der Waals surface area contributed by atoms with Crippen molar-refractivity contribution < 1.29 is 26.0 Å². The Hall–Kier alpha value is -2.95. The Morgan fingerprint density at radius 1 is 0.938 bits per heavy atom. The number of sulfone groups is 1. The Labute approximate surface area is 190 Å². The van der Waals surface area contributed by atoms with Crippen LogP contribution in [0.1, 0.15) is 17.3 Å². The number of nitrogens with one attached hydrogen (secondary N) is 2. The minimum atomic E-state index is -4.29. The van der Waals surface area contributed by atoms with Crippen molar-refractivity contribution in [2.45, 2.75) is 16.7 Å². The van der Waals surface area contributed by atoms with Gasteiger partial charge in [-0.3, -0.25) is 9.52 Å². The first kappa shape index (κ1) is 23.7. The first-order valence-electron chi connectivity index (χ1n) is 9.24. The summed E-state index contributed by atoms with van der Waals surface area (Å²) >= 11 is 5.99. The van der Waals surface area contributed by atoms with Crippen molar-refractivity contribution >= 4 is 48.7 Å². The van der Waals surface area contributed by atoms with E-state index in [-0.39, 0.29) is 32.6 Å². The van der Waals surface area contributed by atoms with Crippen molar-refractivity contribution in [3.05, 3.63) is 83.1 Å². The summed E-state index contributed by atoms with van der Waals surface area (Å²) in [5.74, 6) is -1.63. The van der Waals surface area contributed by atoms with E-state index in [0.717, 1.165) is 12.1 Å². The van der Waals surface area contributed by atoms with E-state index in [2.05, 4.69) is 10.0 Å². The van der Waals surface area contributed by atoms with Crippen LogP contribution >= 0.6 is 11.6 Å². The monoisotopic (exact) mass is 496 g/mol. The Morgan fingerprint density at radius 3 is 2.22 bits per heavy atom. The maximum Gasteiger partial charge on any atom is 0.264 e. The van der Waals surface area contributed by atoms with Gasteiger partial charge in [-0.05, 0) is 54.6 Å². The summed E-state index contributed by atoms with van der Waals surface area (Å²) in [5.41, 5.74) is 0.145. The topological polar surface area (TPSA) is 109 Å². The fraction of sp³-hybridized carbons (Fsp3) is 0.0952. The third kappa shape index (κ3) is 5.26. The van der Waals surface area contributed by atoms with Crippen LogP contribution in [0.5, 0.6) is 0 Å². The lowest BCUT2D eigenvalue weighted by molar-refractivity contribution is 0.102. The molecule has 0 bridgehead atoms. The number of rotatable bonds is 7. The van der Waals surface area contributed by atoms with Crippen molar-refractivity contribution in [2.24, 2.45) is 0 Å². The molecule has 0 unspecified atom stereocenters. The number of halogens is 2. The van der Waals surface area contributed by atoms with Crippen molar-refractivity contribution in [2.75, 3.05) is 15.8 Å². The molecule has 0 aliphatic carbocycles.